The molecule has 1 aromatic heterocycles. The maximum absolute atomic E-state index is 12.6. The smallest absolute Gasteiger partial charge is 0.263 e. The van der Waals surface area contributed by atoms with Crippen LogP contribution < -0.4 is 0 Å². The minimum absolute atomic E-state index is 0.147. The summed E-state index contributed by atoms with van der Waals surface area (Å²) in [6.07, 6.45) is 2.30. The summed E-state index contributed by atoms with van der Waals surface area (Å²) in [6, 6.07) is 2.88. The van der Waals surface area contributed by atoms with Crippen LogP contribution in [-0.4, -0.2) is 4.98 Å². The molecule has 0 fully saturated rings. The van der Waals surface area contributed by atoms with E-state index in [2.05, 4.69) is 4.98 Å². The molecule has 0 atom stereocenters. The van der Waals surface area contributed by atoms with Gasteiger partial charge in [-0.1, -0.05) is 13.8 Å². The molecule has 4 heteroatoms. The molecule has 0 bridgehead atoms. The molecule has 0 unspecified atom stereocenters. The number of nitriles is 1. The molecule has 0 radical (unpaired) electrons. The van der Waals surface area contributed by atoms with Crippen LogP contribution in [0.1, 0.15) is 31.9 Å². The summed E-state index contributed by atoms with van der Waals surface area (Å²) in [7, 11) is 0. The Kier molecular flexibility index (Phi) is 4.71. The van der Waals surface area contributed by atoms with Gasteiger partial charge in [-0.3, -0.25) is 4.98 Å². The predicted molar refractivity (Wildman–Crippen MR) is 49.9 cm³/mol. The minimum Gasteiger partial charge on any atom is -0.263 e. The number of nitrogens with zero attached hydrogens (tertiary/aromatic N) is 2. The molecule has 0 aliphatic carbocycles. The fourth-order valence-corrected chi connectivity index (χ4v) is 0.741. The maximum atomic E-state index is 12.6. The third-order valence-corrected chi connectivity index (χ3v) is 1.37. The second-order valence-corrected chi connectivity index (χ2v) is 2.46. The normalized spacial score (nSPS) is 9.71. The highest BCUT2D eigenvalue weighted by Crippen LogP contribution is 2.26. The molecule has 0 saturated carbocycles. The number of hydrogen-bond donors (Lipinski definition) is 0. The standard InChI is InChI=1S/C8H6F2N2.C2H6/c1-8(9,10)7-2-6(3-11)4-12-5-7;1-2/h2,4-5H,1H3;1-2H3. The largest absolute Gasteiger partial charge is 0.272 e. The summed E-state index contributed by atoms with van der Waals surface area (Å²) < 4.78 is 25.2. The predicted octanol–water partition coefficient (Wildman–Crippen LogP) is 3.09. The van der Waals surface area contributed by atoms with Gasteiger partial charge < -0.3 is 0 Å². The number of hydrogen-bond acceptors (Lipinski definition) is 2. The van der Waals surface area contributed by atoms with E-state index in [-0.39, 0.29) is 11.1 Å². The van der Waals surface area contributed by atoms with Crippen LogP contribution >= 0.6 is 0 Å². The molecule has 76 valence electrons. The van der Waals surface area contributed by atoms with Crippen molar-refractivity contribution in [3.63, 3.8) is 0 Å². The molecular weight excluding hydrogens is 186 g/mol. The lowest BCUT2D eigenvalue weighted by molar-refractivity contribution is 0.0171. The monoisotopic (exact) mass is 198 g/mol. The van der Waals surface area contributed by atoms with E-state index in [1.807, 2.05) is 13.8 Å². The first-order chi connectivity index (χ1) is 6.54. The van der Waals surface area contributed by atoms with E-state index < -0.39 is 5.92 Å². The molecule has 14 heavy (non-hydrogen) atoms. The third-order valence-electron chi connectivity index (χ3n) is 1.37. The Morgan fingerprint density at radius 1 is 1.36 bits per heavy atom. The molecule has 0 aromatic carbocycles. The second-order valence-electron chi connectivity index (χ2n) is 2.46. The number of pyridine rings is 1. The zero-order chi connectivity index (χ0) is 11.2. The van der Waals surface area contributed by atoms with Crippen LogP contribution in [0.2, 0.25) is 0 Å². The molecule has 0 aliphatic heterocycles. The van der Waals surface area contributed by atoms with Crippen LogP contribution in [0.4, 0.5) is 8.78 Å². The van der Waals surface area contributed by atoms with Crippen molar-refractivity contribution in [1.82, 2.24) is 4.98 Å². The maximum Gasteiger partial charge on any atom is 0.272 e. The summed E-state index contributed by atoms with van der Waals surface area (Å²) in [6.45, 7) is 4.77. The number of alkyl halides is 2. The van der Waals surface area contributed by atoms with Gasteiger partial charge in [0, 0.05) is 24.9 Å². The second kappa shape index (κ2) is 5.28. The molecular formula is C10H12F2N2. The van der Waals surface area contributed by atoms with E-state index in [1.54, 1.807) is 6.07 Å². The van der Waals surface area contributed by atoms with E-state index in [1.165, 1.54) is 6.20 Å². The lowest BCUT2D eigenvalue weighted by atomic mass is 10.1. The van der Waals surface area contributed by atoms with Gasteiger partial charge in [0.1, 0.15) is 6.07 Å². The number of aromatic nitrogens is 1. The SMILES string of the molecule is CC.CC(F)(F)c1cncc(C#N)c1. The number of halogens is 2. The van der Waals surface area contributed by atoms with Gasteiger partial charge in [0.15, 0.2) is 0 Å². The zero-order valence-corrected chi connectivity index (χ0v) is 8.38. The average Bonchev–Trinajstić information content (AvgIpc) is 2.20. The highest BCUT2D eigenvalue weighted by Gasteiger charge is 2.24. The van der Waals surface area contributed by atoms with Crippen LogP contribution in [0.25, 0.3) is 0 Å². The molecule has 1 rings (SSSR count). The highest BCUT2D eigenvalue weighted by atomic mass is 19.3. The fourth-order valence-electron chi connectivity index (χ4n) is 0.741. The van der Waals surface area contributed by atoms with Crippen molar-refractivity contribution in [2.75, 3.05) is 0 Å². The molecule has 0 saturated heterocycles. The Labute approximate surface area is 82.2 Å². The van der Waals surface area contributed by atoms with Gasteiger partial charge in [0.25, 0.3) is 5.92 Å². The first kappa shape index (κ1) is 12.5. The van der Waals surface area contributed by atoms with Crippen molar-refractivity contribution in [2.45, 2.75) is 26.7 Å². The van der Waals surface area contributed by atoms with Gasteiger partial charge in [-0.05, 0) is 6.07 Å². The van der Waals surface area contributed by atoms with Crippen molar-refractivity contribution in [3.8, 4) is 6.07 Å². The first-order valence-corrected chi connectivity index (χ1v) is 4.27. The molecule has 1 heterocycles. The van der Waals surface area contributed by atoms with Crippen molar-refractivity contribution < 1.29 is 8.78 Å². The Morgan fingerprint density at radius 3 is 2.36 bits per heavy atom. The van der Waals surface area contributed by atoms with Gasteiger partial charge >= 0.3 is 0 Å². The summed E-state index contributed by atoms with van der Waals surface area (Å²) in [5.74, 6) is -2.93. The fraction of sp³-hybridized carbons (Fsp3) is 0.400. The van der Waals surface area contributed by atoms with Crippen molar-refractivity contribution in [2.24, 2.45) is 0 Å². The van der Waals surface area contributed by atoms with Gasteiger partial charge in [-0.2, -0.15) is 5.26 Å². The summed E-state index contributed by atoms with van der Waals surface area (Å²) >= 11 is 0. The topological polar surface area (TPSA) is 36.7 Å². The first-order valence-electron chi connectivity index (χ1n) is 4.27. The van der Waals surface area contributed by atoms with Crippen LogP contribution in [0, 0.1) is 11.3 Å². The van der Waals surface area contributed by atoms with Crippen LogP contribution in [0.3, 0.4) is 0 Å². The van der Waals surface area contributed by atoms with Crippen molar-refractivity contribution >= 4 is 0 Å². The van der Waals surface area contributed by atoms with Crippen molar-refractivity contribution in [1.29, 1.82) is 5.26 Å². The lowest BCUT2D eigenvalue weighted by Crippen LogP contribution is -2.07. The zero-order valence-electron chi connectivity index (χ0n) is 8.38. The van der Waals surface area contributed by atoms with Crippen LogP contribution in [0.5, 0.6) is 0 Å². The van der Waals surface area contributed by atoms with E-state index in [4.69, 9.17) is 5.26 Å². The minimum atomic E-state index is -2.93. The van der Waals surface area contributed by atoms with Crippen LogP contribution in [0.15, 0.2) is 18.5 Å². The molecule has 2 nitrogen and oxygen atoms in total. The van der Waals surface area contributed by atoms with E-state index >= 15 is 0 Å². The number of rotatable bonds is 1. The molecule has 1 aromatic rings. The van der Waals surface area contributed by atoms with E-state index in [0.717, 1.165) is 19.2 Å². The molecule has 0 N–H and O–H groups in total. The third kappa shape index (κ3) is 3.48. The summed E-state index contributed by atoms with van der Waals surface area (Å²) in [5, 5.41) is 8.39. The van der Waals surface area contributed by atoms with E-state index in [0.29, 0.717) is 0 Å². The van der Waals surface area contributed by atoms with E-state index in [9.17, 15) is 8.78 Å². The Balaban J connectivity index is 0.000000791. The summed E-state index contributed by atoms with van der Waals surface area (Å²) in [5.41, 5.74) is -0.0874. The van der Waals surface area contributed by atoms with Crippen LogP contribution in [-0.2, 0) is 5.92 Å². The Hall–Kier alpha value is -1.50. The average molecular weight is 198 g/mol. The quantitative estimate of drug-likeness (QED) is 0.695. The van der Waals surface area contributed by atoms with Gasteiger partial charge in [-0.25, -0.2) is 8.78 Å². The van der Waals surface area contributed by atoms with Gasteiger partial charge in [0.05, 0.1) is 5.56 Å². The Bertz CT molecular complexity index is 324. The highest BCUT2D eigenvalue weighted by molar-refractivity contribution is 5.30. The Morgan fingerprint density at radius 2 is 1.93 bits per heavy atom. The van der Waals surface area contributed by atoms with Gasteiger partial charge in [-0.15, -0.1) is 0 Å². The molecule has 0 spiro atoms. The van der Waals surface area contributed by atoms with Crippen molar-refractivity contribution in [3.05, 3.63) is 29.6 Å². The van der Waals surface area contributed by atoms with Gasteiger partial charge in [0.2, 0.25) is 0 Å². The molecule has 0 amide bonds. The summed E-state index contributed by atoms with van der Waals surface area (Å²) in [4.78, 5) is 3.52. The molecule has 0 aliphatic rings. The lowest BCUT2D eigenvalue weighted by Gasteiger charge is -2.08.